The summed E-state index contributed by atoms with van der Waals surface area (Å²) in [5, 5.41) is 5.20. The lowest BCUT2D eigenvalue weighted by molar-refractivity contribution is 0.0995. The number of benzene rings is 2. The average Bonchev–Trinajstić information content (AvgIpc) is 3.05. The molecule has 3 rings (SSSR count). The number of carbonyl (C=O) groups excluding carboxylic acids is 1. The van der Waals surface area contributed by atoms with Gasteiger partial charge in [-0.2, -0.15) is 0 Å². The van der Waals surface area contributed by atoms with Crippen LogP contribution >= 0.6 is 0 Å². The highest BCUT2D eigenvalue weighted by Gasteiger charge is 2.17. The molecule has 2 aromatic carbocycles. The molecule has 5 nitrogen and oxygen atoms in total. The minimum Gasteiger partial charge on any atom is -0.493 e. The van der Waals surface area contributed by atoms with E-state index in [1.807, 2.05) is 38.1 Å². The van der Waals surface area contributed by atoms with Crippen LogP contribution in [0.3, 0.4) is 0 Å². The maximum atomic E-state index is 11.7. The van der Waals surface area contributed by atoms with Crippen molar-refractivity contribution < 1.29 is 14.3 Å². The molecule has 1 saturated heterocycles. The summed E-state index contributed by atoms with van der Waals surface area (Å²) in [7, 11) is 0. The van der Waals surface area contributed by atoms with E-state index in [0.717, 1.165) is 36.0 Å². The van der Waals surface area contributed by atoms with Crippen molar-refractivity contribution in [1.29, 1.82) is 0 Å². The second-order valence-electron chi connectivity index (χ2n) is 6.53. The van der Waals surface area contributed by atoms with Crippen LogP contribution in [0.2, 0.25) is 0 Å². The molecule has 0 spiro atoms. The summed E-state index contributed by atoms with van der Waals surface area (Å²) in [5.41, 5.74) is 5.90. The molecule has 0 aromatic heterocycles. The number of carbonyl (C=O) groups is 1. The molecule has 0 unspecified atom stereocenters. The minimum absolute atomic E-state index is 0.0433. The van der Waals surface area contributed by atoms with Crippen molar-refractivity contribution in [2.24, 2.45) is 11.7 Å². The van der Waals surface area contributed by atoms with Gasteiger partial charge < -0.3 is 20.5 Å². The van der Waals surface area contributed by atoms with Crippen molar-refractivity contribution in [2.45, 2.75) is 26.4 Å². The van der Waals surface area contributed by atoms with Gasteiger partial charge in [0.2, 0.25) is 0 Å². The normalized spacial score (nSPS) is 17.4. The zero-order chi connectivity index (χ0) is 17.1. The van der Waals surface area contributed by atoms with Crippen molar-refractivity contribution >= 4 is 16.7 Å². The lowest BCUT2D eigenvalue weighted by atomic mass is 10.0. The predicted octanol–water partition coefficient (Wildman–Crippen LogP) is 2.71. The summed E-state index contributed by atoms with van der Waals surface area (Å²) in [6, 6.07) is 9.47. The molecule has 1 atom stereocenters. The summed E-state index contributed by atoms with van der Waals surface area (Å²) in [6.45, 7) is 6.58. The van der Waals surface area contributed by atoms with Crippen LogP contribution in [0.15, 0.2) is 30.3 Å². The molecule has 2 aromatic rings. The summed E-state index contributed by atoms with van der Waals surface area (Å²) in [4.78, 5) is 11.7. The molecule has 1 aliphatic rings. The number of ether oxygens (including phenoxy) is 2. The van der Waals surface area contributed by atoms with E-state index >= 15 is 0 Å². The van der Waals surface area contributed by atoms with Gasteiger partial charge in [-0.3, -0.25) is 4.79 Å². The molecule has 1 amide bonds. The van der Waals surface area contributed by atoms with Gasteiger partial charge in [-0.15, -0.1) is 0 Å². The van der Waals surface area contributed by atoms with Gasteiger partial charge >= 0.3 is 0 Å². The Balaban J connectivity index is 1.95. The monoisotopic (exact) mass is 328 g/mol. The lowest BCUT2D eigenvalue weighted by Crippen LogP contribution is -2.16. The number of nitrogens with one attached hydrogen (secondary N) is 1. The number of fused-ring (bicyclic) bond motifs is 1. The maximum absolute atomic E-state index is 11.7. The van der Waals surface area contributed by atoms with Crippen LogP contribution in [-0.2, 0) is 0 Å². The lowest BCUT2D eigenvalue weighted by Gasteiger charge is -2.16. The second-order valence-corrected chi connectivity index (χ2v) is 6.53. The Hall–Kier alpha value is -2.27. The number of hydrogen-bond acceptors (Lipinski definition) is 4. The van der Waals surface area contributed by atoms with Gasteiger partial charge in [-0.05, 0) is 50.4 Å². The van der Waals surface area contributed by atoms with Gasteiger partial charge in [0.1, 0.15) is 11.5 Å². The molecule has 3 N–H and O–H groups in total. The van der Waals surface area contributed by atoms with Gasteiger partial charge in [-0.1, -0.05) is 12.1 Å². The first kappa shape index (κ1) is 16.6. The van der Waals surface area contributed by atoms with Crippen molar-refractivity contribution in [2.75, 3.05) is 19.7 Å². The van der Waals surface area contributed by atoms with Crippen LogP contribution in [-0.4, -0.2) is 31.7 Å². The Morgan fingerprint density at radius 2 is 2.17 bits per heavy atom. The van der Waals surface area contributed by atoms with Crippen molar-refractivity contribution in [1.82, 2.24) is 5.32 Å². The molecular weight excluding hydrogens is 304 g/mol. The van der Waals surface area contributed by atoms with Crippen LogP contribution in [0.4, 0.5) is 0 Å². The largest absolute Gasteiger partial charge is 0.493 e. The van der Waals surface area contributed by atoms with Gasteiger partial charge in [0, 0.05) is 17.8 Å². The number of amides is 1. The van der Waals surface area contributed by atoms with Crippen LogP contribution in [0.25, 0.3) is 10.8 Å². The summed E-state index contributed by atoms with van der Waals surface area (Å²) in [5.74, 6) is 1.36. The van der Waals surface area contributed by atoms with Crippen LogP contribution in [0.5, 0.6) is 11.5 Å². The third kappa shape index (κ3) is 3.62. The third-order valence-corrected chi connectivity index (χ3v) is 4.21. The molecule has 1 fully saturated rings. The highest BCUT2D eigenvalue weighted by atomic mass is 16.5. The standard InChI is InChI=1S/C19H24N2O3/c1-12(2)24-18-9-15-14(8-16(18)19(20)22)4-3-5-17(15)23-11-13-6-7-21-10-13/h3-5,8-9,12-13,21H,6-7,10-11H2,1-2H3,(H2,20,22)/t13-/m1/s1. The summed E-state index contributed by atoms with van der Waals surface area (Å²) in [6.07, 6.45) is 1.09. The van der Waals surface area contributed by atoms with Crippen LogP contribution in [0.1, 0.15) is 30.6 Å². The number of primary amides is 1. The predicted molar refractivity (Wildman–Crippen MR) is 94.7 cm³/mol. The van der Waals surface area contributed by atoms with E-state index in [0.29, 0.717) is 23.8 Å². The smallest absolute Gasteiger partial charge is 0.252 e. The highest BCUT2D eigenvalue weighted by molar-refractivity contribution is 6.02. The van der Waals surface area contributed by atoms with E-state index in [1.165, 1.54) is 0 Å². The molecule has 24 heavy (non-hydrogen) atoms. The summed E-state index contributed by atoms with van der Waals surface area (Å²) < 4.78 is 11.8. The summed E-state index contributed by atoms with van der Waals surface area (Å²) >= 11 is 0. The molecule has 1 heterocycles. The zero-order valence-electron chi connectivity index (χ0n) is 14.2. The van der Waals surface area contributed by atoms with E-state index in [2.05, 4.69) is 5.32 Å². The van der Waals surface area contributed by atoms with Gasteiger partial charge in [0.05, 0.1) is 18.3 Å². The van der Waals surface area contributed by atoms with E-state index in [4.69, 9.17) is 15.2 Å². The Kier molecular flexibility index (Phi) is 4.90. The molecule has 1 aliphatic heterocycles. The fourth-order valence-corrected chi connectivity index (χ4v) is 3.01. The molecular formula is C19H24N2O3. The van der Waals surface area contributed by atoms with Crippen molar-refractivity contribution in [3.8, 4) is 11.5 Å². The Morgan fingerprint density at radius 3 is 2.83 bits per heavy atom. The topological polar surface area (TPSA) is 73.6 Å². The number of nitrogens with two attached hydrogens (primary N) is 1. The van der Waals surface area contributed by atoms with E-state index in [9.17, 15) is 4.79 Å². The average molecular weight is 328 g/mol. The second kappa shape index (κ2) is 7.09. The zero-order valence-corrected chi connectivity index (χ0v) is 14.2. The quantitative estimate of drug-likeness (QED) is 0.855. The number of hydrogen-bond donors (Lipinski definition) is 2. The fraction of sp³-hybridized carbons (Fsp3) is 0.421. The highest BCUT2D eigenvalue weighted by Crippen LogP contribution is 2.33. The minimum atomic E-state index is -0.490. The molecule has 0 saturated carbocycles. The fourth-order valence-electron chi connectivity index (χ4n) is 3.01. The van der Waals surface area contributed by atoms with Crippen molar-refractivity contribution in [3.05, 3.63) is 35.9 Å². The molecule has 0 bridgehead atoms. The van der Waals surface area contributed by atoms with Crippen LogP contribution < -0.4 is 20.5 Å². The van der Waals surface area contributed by atoms with Crippen LogP contribution in [0, 0.1) is 5.92 Å². The van der Waals surface area contributed by atoms with Gasteiger partial charge in [0.15, 0.2) is 0 Å². The SMILES string of the molecule is CC(C)Oc1cc2c(OC[C@@H]3CCNC3)cccc2cc1C(N)=O. The molecule has 5 heteroatoms. The third-order valence-electron chi connectivity index (χ3n) is 4.21. The first-order valence-corrected chi connectivity index (χ1v) is 8.41. The first-order valence-electron chi connectivity index (χ1n) is 8.41. The molecule has 0 aliphatic carbocycles. The van der Waals surface area contributed by atoms with E-state index in [1.54, 1.807) is 6.07 Å². The van der Waals surface area contributed by atoms with Crippen molar-refractivity contribution in [3.63, 3.8) is 0 Å². The molecule has 0 radical (unpaired) electrons. The van der Waals surface area contributed by atoms with E-state index in [-0.39, 0.29) is 6.10 Å². The Morgan fingerprint density at radius 1 is 1.33 bits per heavy atom. The Bertz CT molecular complexity index is 737. The molecule has 128 valence electrons. The maximum Gasteiger partial charge on any atom is 0.252 e. The number of rotatable bonds is 6. The first-order chi connectivity index (χ1) is 11.5. The van der Waals surface area contributed by atoms with Gasteiger partial charge in [-0.25, -0.2) is 0 Å². The van der Waals surface area contributed by atoms with Gasteiger partial charge in [0.25, 0.3) is 5.91 Å². The van der Waals surface area contributed by atoms with E-state index < -0.39 is 5.91 Å². The Labute approximate surface area is 142 Å².